The normalized spacial score (nSPS) is 21.4. The van der Waals surface area contributed by atoms with E-state index in [2.05, 4.69) is 15.4 Å². The summed E-state index contributed by atoms with van der Waals surface area (Å²) in [7, 11) is 0. The highest BCUT2D eigenvalue weighted by Gasteiger charge is 2.44. The Bertz CT molecular complexity index is 919. The standard InChI is InChI=1S/C20H27F3N6O/c1-3-29-18-15(11-25-29)17(27-14-5-9-30-10-6-14)16(13(2)26-18)12-28-8-4-7-24-19(28)20(21,22)23/h7,11,14,19H,3-6,8-10,12H2,1-2H3,(H,26,27). The summed E-state index contributed by atoms with van der Waals surface area (Å²) in [5.41, 5.74) is 3.07. The topological polar surface area (TPSA) is 67.6 Å². The lowest BCUT2D eigenvalue weighted by Crippen LogP contribution is -2.46. The van der Waals surface area contributed by atoms with Crippen molar-refractivity contribution in [2.24, 2.45) is 4.99 Å². The van der Waals surface area contributed by atoms with Crippen LogP contribution in [0.2, 0.25) is 0 Å². The molecule has 2 aromatic heterocycles. The molecule has 30 heavy (non-hydrogen) atoms. The van der Waals surface area contributed by atoms with Gasteiger partial charge >= 0.3 is 6.18 Å². The first-order valence-electron chi connectivity index (χ1n) is 10.4. The maximum atomic E-state index is 13.6. The fourth-order valence-electron chi connectivity index (χ4n) is 4.15. The van der Waals surface area contributed by atoms with Crippen molar-refractivity contribution in [3.05, 3.63) is 17.5 Å². The first kappa shape index (κ1) is 21.0. The molecule has 7 nitrogen and oxygen atoms in total. The van der Waals surface area contributed by atoms with Gasteiger partial charge in [-0.25, -0.2) is 9.67 Å². The molecule has 4 heterocycles. The quantitative estimate of drug-likeness (QED) is 0.796. The van der Waals surface area contributed by atoms with Gasteiger partial charge in [-0.3, -0.25) is 9.89 Å². The van der Waals surface area contributed by atoms with Crippen molar-refractivity contribution < 1.29 is 17.9 Å². The molecule has 2 aliphatic rings. The Kier molecular flexibility index (Phi) is 5.97. The molecule has 1 unspecified atom stereocenters. The predicted octanol–water partition coefficient (Wildman–Crippen LogP) is 3.52. The number of aryl methyl sites for hydroxylation is 2. The van der Waals surface area contributed by atoms with Crippen LogP contribution in [0.1, 0.15) is 37.4 Å². The van der Waals surface area contributed by atoms with E-state index in [1.54, 1.807) is 6.20 Å². The molecule has 1 fully saturated rings. The summed E-state index contributed by atoms with van der Waals surface area (Å²) < 4.78 is 47.9. The number of aliphatic imine (C=N–C) groups is 1. The summed E-state index contributed by atoms with van der Waals surface area (Å²) in [5, 5.41) is 8.86. The first-order valence-corrected chi connectivity index (χ1v) is 10.4. The fourth-order valence-corrected chi connectivity index (χ4v) is 4.15. The van der Waals surface area contributed by atoms with Crippen molar-refractivity contribution in [2.45, 2.75) is 64.6 Å². The Morgan fingerprint density at radius 2 is 2.03 bits per heavy atom. The lowest BCUT2D eigenvalue weighted by molar-refractivity contribution is -0.184. The van der Waals surface area contributed by atoms with E-state index >= 15 is 0 Å². The average Bonchev–Trinajstić information content (AvgIpc) is 3.13. The van der Waals surface area contributed by atoms with Gasteiger partial charge < -0.3 is 10.1 Å². The van der Waals surface area contributed by atoms with E-state index in [9.17, 15) is 13.2 Å². The summed E-state index contributed by atoms with van der Waals surface area (Å²) >= 11 is 0. The largest absolute Gasteiger partial charge is 0.424 e. The minimum atomic E-state index is -4.41. The van der Waals surface area contributed by atoms with Crippen molar-refractivity contribution in [1.82, 2.24) is 19.7 Å². The Balaban J connectivity index is 1.74. The van der Waals surface area contributed by atoms with Gasteiger partial charge in [-0.2, -0.15) is 18.3 Å². The molecule has 0 aliphatic carbocycles. The number of ether oxygens (including phenoxy) is 1. The summed E-state index contributed by atoms with van der Waals surface area (Å²) in [4.78, 5) is 9.82. The molecule has 1 atom stereocenters. The van der Waals surface area contributed by atoms with Crippen molar-refractivity contribution in [1.29, 1.82) is 0 Å². The van der Waals surface area contributed by atoms with Crippen molar-refractivity contribution in [3.63, 3.8) is 0 Å². The molecular formula is C20H27F3N6O. The van der Waals surface area contributed by atoms with Crippen LogP contribution in [0.3, 0.4) is 0 Å². The van der Waals surface area contributed by atoms with Crippen LogP contribution in [0.5, 0.6) is 0 Å². The number of nitrogens with zero attached hydrogens (tertiary/aromatic N) is 5. The number of anilines is 1. The molecule has 0 aromatic carbocycles. The van der Waals surface area contributed by atoms with Crippen LogP contribution >= 0.6 is 0 Å². The maximum Gasteiger partial charge on any atom is 0.424 e. The van der Waals surface area contributed by atoms with E-state index in [1.807, 2.05) is 18.5 Å². The van der Waals surface area contributed by atoms with Gasteiger partial charge in [-0.1, -0.05) is 0 Å². The third-order valence-corrected chi connectivity index (χ3v) is 5.75. The Morgan fingerprint density at radius 3 is 2.73 bits per heavy atom. The van der Waals surface area contributed by atoms with Crippen LogP contribution in [0, 0.1) is 6.92 Å². The highest BCUT2D eigenvalue weighted by molar-refractivity contribution is 5.91. The van der Waals surface area contributed by atoms with Gasteiger partial charge in [0.25, 0.3) is 0 Å². The highest BCUT2D eigenvalue weighted by atomic mass is 19.4. The summed E-state index contributed by atoms with van der Waals surface area (Å²) in [5.74, 6) is 0. The number of alkyl halides is 3. The van der Waals surface area contributed by atoms with Crippen LogP contribution in [0.15, 0.2) is 11.2 Å². The van der Waals surface area contributed by atoms with Gasteiger partial charge in [0.05, 0.1) is 17.3 Å². The SMILES string of the molecule is CCn1ncc2c(NC3CCOCC3)c(CN3CCC=NC3C(F)(F)F)c(C)nc21. The van der Waals surface area contributed by atoms with Crippen LogP contribution < -0.4 is 5.32 Å². The monoisotopic (exact) mass is 424 g/mol. The summed E-state index contributed by atoms with van der Waals surface area (Å²) in [6, 6.07) is 0.199. The number of nitrogens with one attached hydrogen (secondary N) is 1. The molecular weight excluding hydrogens is 397 g/mol. The number of halogens is 3. The number of rotatable bonds is 5. The van der Waals surface area contributed by atoms with Gasteiger partial charge in [0, 0.05) is 56.4 Å². The van der Waals surface area contributed by atoms with Crippen molar-refractivity contribution in [2.75, 3.05) is 25.1 Å². The summed E-state index contributed by atoms with van der Waals surface area (Å²) in [6.07, 6.45) is -0.911. The molecule has 2 aliphatic heterocycles. The van der Waals surface area contributed by atoms with Crippen molar-refractivity contribution >= 4 is 22.9 Å². The lowest BCUT2D eigenvalue weighted by Gasteiger charge is -2.34. The second-order valence-corrected chi connectivity index (χ2v) is 7.79. The van der Waals surface area contributed by atoms with E-state index in [0.717, 1.165) is 35.1 Å². The van der Waals surface area contributed by atoms with E-state index < -0.39 is 12.3 Å². The van der Waals surface area contributed by atoms with Crippen LogP contribution in [-0.2, 0) is 17.8 Å². The fraction of sp³-hybridized carbons (Fsp3) is 0.650. The molecule has 10 heteroatoms. The summed E-state index contributed by atoms with van der Waals surface area (Å²) in [6.45, 7) is 6.28. The molecule has 0 saturated carbocycles. The minimum absolute atomic E-state index is 0.124. The second kappa shape index (κ2) is 8.50. The molecule has 2 aromatic rings. The zero-order valence-corrected chi connectivity index (χ0v) is 17.2. The molecule has 0 amide bonds. The number of pyridine rings is 1. The third-order valence-electron chi connectivity index (χ3n) is 5.75. The number of hydrogen-bond donors (Lipinski definition) is 1. The zero-order chi connectivity index (χ0) is 21.3. The van der Waals surface area contributed by atoms with Crippen molar-refractivity contribution in [3.8, 4) is 0 Å². The van der Waals surface area contributed by atoms with Gasteiger partial charge in [0.1, 0.15) is 0 Å². The van der Waals surface area contributed by atoms with E-state index in [-0.39, 0.29) is 12.6 Å². The first-order chi connectivity index (χ1) is 14.4. The van der Waals surface area contributed by atoms with Gasteiger partial charge in [-0.05, 0) is 33.1 Å². The molecule has 1 saturated heterocycles. The van der Waals surface area contributed by atoms with E-state index in [0.29, 0.717) is 38.4 Å². The molecule has 0 radical (unpaired) electrons. The Labute approximate surface area is 173 Å². The Hall–Kier alpha value is -2.20. The molecule has 4 rings (SSSR count). The minimum Gasteiger partial charge on any atom is -0.381 e. The Morgan fingerprint density at radius 1 is 1.27 bits per heavy atom. The van der Waals surface area contributed by atoms with Gasteiger partial charge in [0.15, 0.2) is 11.8 Å². The van der Waals surface area contributed by atoms with E-state index in [1.165, 1.54) is 11.1 Å². The predicted molar refractivity (Wildman–Crippen MR) is 109 cm³/mol. The number of fused-ring (bicyclic) bond motifs is 1. The lowest BCUT2D eigenvalue weighted by atomic mass is 10.0. The van der Waals surface area contributed by atoms with Gasteiger partial charge in [-0.15, -0.1) is 0 Å². The van der Waals surface area contributed by atoms with E-state index in [4.69, 9.17) is 9.72 Å². The molecule has 0 bridgehead atoms. The zero-order valence-electron chi connectivity index (χ0n) is 17.2. The molecule has 1 N–H and O–H groups in total. The highest BCUT2D eigenvalue weighted by Crippen LogP contribution is 2.34. The van der Waals surface area contributed by atoms with Crippen LogP contribution in [0.25, 0.3) is 11.0 Å². The molecule has 164 valence electrons. The number of aromatic nitrogens is 3. The van der Waals surface area contributed by atoms with Crippen LogP contribution in [-0.4, -0.2) is 64.0 Å². The third kappa shape index (κ3) is 4.15. The van der Waals surface area contributed by atoms with Gasteiger partial charge in [0.2, 0.25) is 0 Å². The second-order valence-electron chi connectivity index (χ2n) is 7.79. The average molecular weight is 424 g/mol. The number of hydrogen-bond acceptors (Lipinski definition) is 6. The van der Waals surface area contributed by atoms with Crippen LogP contribution in [0.4, 0.5) is 18.9 Å². The maximum absolute atomic E-state index is 13.6. The molecule has 0 spiro atoms. The smallest absolute Gasteiger partial charge is 0.381 e.